The van der Waals surface area contributed by atoms with Crippen LogP contribution in [0.25, 0.3) is 11.3 Å². The fourth-order valence-electron chi connectivity index (χ4n) is 2.34. The second-order valence-corrected chi connectivity index (χ2v) is 5.74. The van der Waals surface area contributed by atoms with E-state index in [1.165, 1.54) is 22.8 Å². The van der Waals surface area contributed by atoms with Crippen molar-refractivity contribution in [2.24, 2.45) is 0 Å². The van der Waals surface area contributed by atoms with E-state index in [-0.39, 0.29) is 11.5 Å². The van der Waals surface area contributed by atoms with E-state index in [0.29, 0.717) is 30.8 Å². The van der Waals surface area contributed by atoms with Crippen molar-refractivity contribution in [1.82, 2.24) is 14.7 Å². The highest BCUT2D eigenvalue weighted by Gasteiger charge is 2.12. The first kappa shape index (κ1) is 18.5. The molecule has 7 nitrogen and oxygen atoms in total. The van der Waals surface area contributed by atoms with Crippen molar-refractivity contribution in [1.29, 1.82) is 0 Å². The Morgan fingerprint density at radius 2 is 1.84 bits per heavy atom. The van der Waals surface area contributed by atoms with Gasteiger partial charge in [-0.1, -0.05) is 0 Å². The second kappa shape index (κ2) is 8.32. The Morgan fingerprint density at radius 1 is 1.16 bits per heavy atom. The zero-order valence-corrected chi connectivity index (χ0v) is 15.0. The van der Waals surface area contributed by atoms with Gasteiger partial charge in [-0.05, 0) is 30.7 Å². The number of hydrogen-bond acceptors (Lipinski definition) is 5. The van der Waals surface area contributed by atoms with E-state index in [9.17, 15) is 9.59 Å². The number of benzene rings is 1. The smallest absolute Gasteiger partial charge is 0.270 e. The van der Waals surface area contributed by atoms with Gasteiger partial charge in [0.25, 0.3) is 5.56 Å². The van der Waals surface area contributed by atoms with Crippen LogP contribution < -0.4 is 15.0 Å². The molecule has 0 fully saturated rings. The van der Waals surface area contributed by atoms with Gasteiger partial charge in [-0.15, -0.1) is 0 Å². The van der Waals surface area contributed by atoms with E-state index in [0.717, 1.165) is 11.3 Å². The van der Waals surface area contributed by atoms with Gasteiger partial charge < -0.3 is 14.4 Å². The Hall–Kier alpha value is -2.83. The van der Waals surface area contributed by atoms with Gasteiger partial charge in [0.2, 0.25) is 5.91 Å². The van der Waals surface area contributed by atoms with Crippen LogP contribution in [0.3, 0.4) is 0 Å². The number of carbonyl (C=O) groups excluding carboxylic acids is 1. The molecule has 0 saturated heterocycles. The van der Waals surface area contributed by atoms with Crippen LogP contribution in [0, 0.1) is 0 Å². The van der Waals surface area contributed by atoms with Crippen LogP contribution in [-0.4, -0.2) is 48.9 Å². The second-order valence-electron chi connectivity index (χ2n) is 5.74. The molecule has 1 heterocycles. The molecule has 1 amide bonds. The van der Waals surface area contributed by atoms with Crippen LogP contribution in [0.1, 0.15) is 12.8 Å². The Labute approximate surface area is 146 Å². The van der Waals surface area contributed by atoms with E-state index in [2.05, 4.69) is 5.10 Å². The average molecular weight is 345 g/mol. The lowest BCUT2D eigenvalue weighted by Gasteiger charge is -2.13. The fraction of sp³-hybridized carbons (Fsp3) is 0.389. The van der Waals surface area contributed by atoms with Gasteiger partial charge in [-0.25, -0.2) is 4.68 Å². The molecule has 25 heavy (non-hydrogen) atoms. The van der Waals surface area contributed by atoms with E-state index in [1.807, 2.05) is 24.3 Å². The Kier molecular flexibility index (Phi) is 6.16. The van der Waals surface area contributed by atoms with Gasteiger partial charge in [0, 0.05) is 38.7 Å². The summed E-state index contributed by atoms with van der Waals surface area (Å²) in [5.41, 5.74) is 1.13. The first-order chi connectivity index (χ1) is 12.0. The highest BCUT2D eigenvalue weighted by Crippen LogP contribution is 2.27. The van der Waals surface area contributed by atoms with Gasteiger partial charge in [-0.3, -0.25) is 9.59 Å². The number of hydrogen-bond donors (Lipinski definition) is 0. The van der Waals surface area contributed by atoms with Crippen LogP contribution in [0.15, 0.2) is 35.1 Å². The van der Waals surface area contributed by atoms with Crippen LogP contribution in [0.4, 0.5) is 0 Å². The SMILES string of the molecule is COc1ccc(-c2nn(CCCC(=O)N(C)C)c(=O)cc2OC)cc1. The minimum Gasteiger partial charge on any atom is -0.497 e. The summed E-state index contributed by atoms with van der Waals surface area (Å²) in [5.74, 6) is 1.17. The summed E-state index contributed by atoms with van der Waals surface area (Å²) in [6.45, 7) is 0.367. The topological polar surface area (TPSA) is 73.7 Å². The lowest BCUT2D eigenvalue weighted by Crippen LogP contribution is -2.25. The van der Waals surface area contributed by atoms with Gasteiger partial charge in [0.05, 0.1) is 14.2 Å². The lowest BCUT2D eigenvalue weighted by atomic mass is 10.1. The van der Waals surface area contributed by atoms with E-state index >= 15 is 0 Å². The summed E-state index contributed by atoms with van der Waals surface area (Å²) >= 11 is 0. The van der Waals surface area contributed by atoms with Crippen molar-refractivity contribution in [2.45, 2.75) is 19.4 Å². The van der Waals surface area contributed by atoms with Crippen LogP contribution in [0.2, 0.25) is 0 Å². The number of ether oxygens (including phenoxy) is 2. The molecule has 1 aromatic heterocycles. The molecule has 7 heteroatoms. The number of amides is 1. The molecule has 0 aliphatic heterocycles. The lowest BCUT2D eigenvalue weighted by molar-refractivity contribution is -0.128. The molecule has 134 valence electrons. The van der Waals surface area contributed by atoms with Crippen LogP contribution in [0.5, 0.6) is 11.5 Å². The summed E-state index contributed by atoms with van der Waals surface area (Å²) in [7, 11) is 6.52. The minimum atomic E-state index is -0.258. The zero-order chi connectivity index (χ0) is 18.4. The van der Waals surface area contributed by atoms with Crippen molar-refractivity contribution in [2.75, 3.05) is 28.3 Å². The van der Waals surface area contributed by atoms with Gasteiger partial charge in [-0.2, -0.15) is 5.10 Å². The van der Waals surface area contributed by atoms with E-state index in [4.69, 9.17) is 9.47 Å². The first-order valence-electron chi connectivity index (χ1n) is 7.97. The molecule has 0 saturated carbocycles. The summed E-state index contributed by atoms with van der Waals surface area (Å²) in [6.07, 6.45) is 0.906. The molecular formula is C18H23N3O4. The van der Waals surface area contributed by atoms with Crippen LogP contribution in [-0.2, 0) is 11.3 Å². The molecule has 0 bridgehead atoms. The maximum absolute atomic E-state index is 12.2. The molecular weight excluding hydrogens is 322 g/mol. The summed E-state index contributed by atoms with van der Waals surface area (Å²) in [4.78, 5) is 25.4. The third kappa shape index (κ3) is 4.59. The zero-order valence-electron chi connectivity index (χ0n) is 15.0. The average Bonchev–Trinajstić information content (AvgIpc) is 2.62. The minimum absolute atomic E-state index is 0.0249. The number of aryl methyl sites for hydroxylation is 1. The fourth-order valence-corrected chi connectivity index (χ4v) is 2.34. The maximum Gasteiger partial charge on any atom is 0.270 e. The molecule has 0 N–H and O–H groups in total. The third-order valence-corrected chi connectivity index (χ3v) is 3.81. The Bertz CT molecular complexity index is 782. The summed E-state index contributed by atoms with van der Waals surface area (Å²) < 4.78 is 11.8. The van der Waals surface area contributed by atoms with Crippen LogP contribution >= 0.6 is 0 Å². The van der Waals surface area contributed by atoms with Crippen molar-refractivity contribution < 1.29 is 14.3 Å². The molecule has 0 aliphatic rings. The number of methoxy groups -OCH3 is 2. The number of nitrogens with zero attached hydrogens (tertiary/aromatic N) is 3. The third-order valence-electron chi connectivity index (χ3n) is 3.81. The predicted molar refractivity (Wildman–Crippen MR) is 95.0 cm³/mol. The molecule has 0 aliphatic carbocycles. The molecule has 0 radical (unpaired) electrons. The highest BCUT2D eigenvalue weighted by molar-refractivity contribution is 5.75. The normalized spacial score (nSPS) is 10.4. The Balaban J connectivity index is 2.26. The Morgan fingerprint density at radius 3 is 2.40 bits per heavy atom. The maximum atomic E-state index is 12.2. The summed E-state index contributed by atoms with van der Waals surface area (Å²) in [5, 5.41) is 4.42. The van der Waals surface area contributed by atoms with Gasteiger partial charge >= 0.3 is 0 Å². The molecule has 0 spiro atoms. The highest BCUT2D eigenvalue weighted by atomic mass is 16.5. The van der Waals surface area contributed by atoms with E-state index < -0.39 is 0 Å². The van der Waals surface area contributed by atoms with Crippen molar-refractivity contribution in [3.8, 4) is 22.8 Å². The number of aromatic nitrogens is 2. The predicted octanol–water partition coefficient (Wildman–Crippen LogP) is 1.80. The molecule has 1 aromatic carbocycles. The molecule has 2 aromatic rings. The molecule has 2 rings (SSSR count). The van der Waals surface area contributed by atoms with Gasteiger partial charge in [0.1, 0.15) is 11.4 Å². The summed E-state index contributed by atoms with van der Waals surface area (Å²) in [6, 6.07) is 8.77. The largest absolute Gasteiger partial charge is 0.497 e. The van der Waals surface area contributed by atoms with E-state index in [1.54, 1.807) is 21.2 Å². The first-order valence-corrected chi connectivity index (χ1v) is 7.97. The number of carbonyl (C=O) groups is 1. The van der Waals surface area contributed by atoms with Crippen molar-refractivity contribution >= 4 is 5.91 Å². The number of rotatable bonds is 7. The molecule has 0 atom stereocenters. The standard InChI is InChI=1S/C18H23N3O4/c1-20(2)16(22)6-5-11-21-17(23)12-15(25-4)18(19-21)13-7-9-14(24-3)10-8-13/h7-10,12H,5-6,11H2,1-4H3. The van der Waals surface area contributed by atoms with Crippen molar-refractivity contribution in [3.63, 3.8) is 0 Å². The quantitative estimate of drug-likeness (QED) is 0.765. The van der Waals surface area contributed by atoms with Gasteiger partial charge in [0.15, 0.2) is 5.75 Å². The molecule has 0 unspecified atom stereocenters. The van der Waals surface area contributed by atoms with Crippen molar-refractivity contribution in [3.05, 3.63) is 40.7 Å². The monoisotopic (exact) mass is 345 g/mol.